The number of hydrogen-bond acceptors (Lipinski definition) is 2. The Balaban J connectivity index is 2.77. The van der Waals surface area contributed by atoms with Crippen LogP contribution in [0.25, 0.3) is 0 Å². The van der Waals surface area contributed by atoms with E-state index in [0.29, 0.717) is 29.4 Å². The van der Waals surface area contributed by atoms with Crippen LogP contribution in [0.1, 0.15) is 65.0 Å². The van der Waals surface area contributed by atoms with E-state index in [4.69, 9.17) is 4.74 Å². The molecule has 122 valence electrons. The molecule has 0 heterocycles. The first kappa shape index (κ1) is 18.5. The highest BCUT2D eigenvalue weighted by Crippen LogP contribution is 2.36. The molecule has 22 heavy (non-hydrogen) atoms. The summed E-state index contributed by atoms with van der Waals surface area (Å²) in [6, 6.07) is 8.44. The highest BCUT2D eigenvalue weighted by Gasteiger charge is 2.22. The molecule has 1 aromatic rings. The summed E-state index contributed by atoms with van der Waals surface area (Å²) in [4.78, 5) is 11.4. The van der Waals surface area contributed by atoms with Crippen LogP contribution in [-0.2, 0) is 16.1 Å². The van der Waals surface area contributed by atoms with Crippen LogP contribution >= 0.6 is 0 Å². The van der Waals surface area contributed by atoms with Crippen LogP contribution in [0.5, 0.6) is 0 Å². The lowest BCUT2D eigenvalue weighted by Crippen LogP contribution is -2.16. The monoisotopic (exact) mass is 302 g/mol. The zero-order chi connectivity index (χ0) is 16.9. The number of esters is 1. The molecule has 1 unspecified atom stereocenters. The van der Waals surface area contributed by atoms with Crippen LogP contribution in [0.4, 0.5) is 0 Å². The number of carbonyl (C=O) groups excluding carboxylic acids is 1. The fraction of sp³-hybridized carbons (Fsp3) is 0.550. The Morgan fingerprint density at radius 1 is 1.18 bits per heavy atom. The van der Waals surface area contributed by atoms with E-state index in [1.54, 1.807) is 6.92 Å². The molecule has 2 heteroatoms. The van der Waals surface area contributed by atoms with E-state index in [-0.39, 0.29) is 5.97 Å². The lowest BCUT2D eigenvalue weighted by atomic mass is 9.76. The van der Waals surface area contributed by atoms with Gasteiger partial charge in [0, 0.05) is 5.57 Å². The third-order valence-corrected chi connectivity index (χ3v) is 3.76. The van der Waals surface area contributed by atoms with Crippen LogP contribution in [0.2, 0.25) is 0 Å². The highest BCUT2D eigenvalue weighted by atomic mass is 16.5. The normalized spacial score (nSPS) is 13.0. The summed E-state index contributed by atoms with van der Waals surface area (Å²) in [6.45, 7) is 17.0. The number of ether oxygens (including phenoxy) is 1. The van der Waals surface area contributed by atoms with Crippen LogP contribution in [-0.4, -0.2) is 5.97 Å². The fourth-order valence-corrected chi connectivity index (χ4v) is 2.53. The first-order valence-electron chi connectivity index (χ1n) is 8.01. The molecular weight excluding hydrogens is 272 g/mol. The SMILES string of the molecule is C=C(C)C(=O)OCc1ccc(C(CC(C)(C)C)C(C)C)cc1. The first-order valence-corrected chi connectivity index (χ1v) is 8.01. The van der Waals surface area contributed by atoms with E-state index in [0.717, 1.165) is 12.0 Å². The van der Waals surface area contributed by atoms with Crippen molar-refractivity contribution in [2.24, 2.45) is 11.3 Å². The van der Waals surface area contributed by atoms with E-state index >= 15 is 0 Å². The molecule has 0 saturated carbocycles. The lowest BCUT2D eigenvalue weighted by Gasteiger charge is -2.29. The van der Waals surface area contributed by atoms with Gasteiger partial charge in [-0.15, -0.1) is 0 Å². The minimum absolute atomic E-state index is 0.303. The molecule has 0 saturated heterocycles. The van der Waals surface area contributed by atoms with Gasteiger partial charge in [-0.3, -0.25) is 0 Å². The molecule has 1 aromatic carbocycles. The summed E-state index contributed by atoms with van der Waals surface area (Å²) in [5.41, 5.74) is 3.11. The maximum absolute atomic E-state index is 11.4. The molecule has 0 aromatic heterocycles. The predicted octanol–water partition coefficient (Wildman–Crippen LogP) is 5.48. The average Bonchev–Trinajstić information content (AvgIpc) is 2.41. The van der Waals surface area contributed by atoms with Gasteiger partial charge in [-0.1, -0.05) is 65.5 Å². The molecule has 0 spiro atoms. The zero-order valence-electron chi connectivity index (χ0n) is 14.9. The van der Waals surface area contributed by atoms with Crippen molar-refractivity contribution in [1.29, 1.82) is 0 Å². The third kappa shape index (κ3) is 6.05. The van der Waals surface area contributed by atoms with Gasteiger partial charge in [0.05, 0.1) is 0 Å². The summed E-state index contributed by atoms with van der Waals surface area (Å²) in [7, 11) is 0. The van der Waals surface area contributed by atoms with Gasteiger partial charge in [0.1, 0.15) is 6.61 Å². The number of carbonyl (C=O) groups is 1. The number of hydrogen-bond donors (Lipinski definition) is 0. The van der Waals surface area contributed by atoms with Crippen molar-refractivity contribution in [3.63, 3.8) is 0 Å². The second kappa shape index (κ2) is 7.62. The van der Waals surface area contributed by atoms with Crippen molar-refractivity contribution in [2.45, 2.75) is 60.5 Å². The van der Waals surface area contributed by atoms with Crippen LogP contribution in [0.3, 0.4) is 0 Å². The molecule has 0 radical (unpaired) electrons. The summed E-state index contributed by atoms with van der Waals surface area (Å²) < 4.78 is 5.18. The zero-order valence-corrected chi connectivity index (χ0v) is 14.9. The van der Waals surface area contributed by atoms with E-state index in [1.807, 2.05) is 0 Å². The summed E-state index contributed by atoms with van der Waals surface area (Å²) in [6.07, 6.45) is 1.16. The summed E-state index contributed by atoms with van der Waals surface area (Å²) in [5, 5.41) is 0. The molecule has 2 nitrogen and oxygen atoms in total. The molecule has 0 aliphatic heterocycles. The number of rotatable bonds is 6. The molecule has 1 atom stereocenters. The minimum atomic E-state index is -0.336. The largest absolute Gasteiger partial charge is 0.457 e. The van der Waals surface area contributed by atoms with E-state index in [9.17, 15) is 4.79 Å². The standard InChI is InChI=1S/C20H30O2/c1-14(2)18(12-20(5,6)7)17-10-8-16(9-11-17)13-22-19(21)15(3)4/h8-11,14,18H,3,12-13H2,1-2,4-7H3. The maximum Gasteiger partial charge on any atom is 0.333 e. The molecule has 0 aliphatic carbocycles. The third-order valence-electron chi connectivity index (χ3n) is 3.76. The van der Waals surface area contributed by atoms with Crippen LogP contribution < -0.4 is 0 Å². The van der Waals surface area contributed by atoms with Gasteiger partial charge in [-0.05, 0) is 41.7 Å². The van der Waals surface area contributed by atoms with Gasteiger partial charge in [0.15, 0.2) is 0 Å². The molecule has 0 aliphatic rings. The van der Waals surface area contributed by atoms with E-state index < -0.39 is 0 Å². The van der Waals surface area contributed by atoms with Crippen LogP contribution in [0.15, 0.2) is 36.4 Å². The second-order valence-electron chi connectivity index (χ2n) is 7.71. The Morgan fingerprint density at radius 2 is 1.73 bits per heavy atom. The number of benzene rings is 1. The summed E-state index contributed by atoms with van der Waals surface area (Å²) in [5.74, 6) is 0.815. The van der Waals surface area contributed by atoms with Gasteiger partial charge in [-0.2, -0.15) is 0 Å². The Labute approximate surface area is 135 Å². The summed E-state index contributed by atoms with van der Waals surface area (Å²) >= 11 is 0. The molecule has 1 rings (SSSR count). The smallest absolute Gasteiger partial charge is 0.333 e. The highest BCUT2D eigenvalue weighted by molar-refractivity contribution is 5.86. The van der Waals surface area contributed by atoms with Gasteiger partial charge in [0.2, 0.25) is 0 Å². The van der Waals surface area contributed by atoms with Crippen molar-refractivity contribution < 1.29 is 9.53 Å². The van der Waals surface area contributed by atoms with Gasteiger partial charge in [0.25, 0.3) is 0 Å². The maximum atomic E-state index is 11.4. The lowest BCUT2D eigenvalue weighted by molar-refractivity contribution is -0.140. The Morgan fingerprint density at radius 3 is 2.14 bits per heavy atom. The van der Waals surface area contributed by atoms with Crippen LogP contribution in [0, 0.1) is 11.3 Å². The quantitative estimate of drug-likeness (QED) is 0.513. The second-order valence-corrected chi connectivity index (χ2v) is 7.71. The Bertz CT molecular complexity index is 504. The molecule has 0 amide bonds. The molecular formula is C20H30O2. The predicted molar refractivity (Wildman–Crippen MR) is 92.7 cm³/mol. The first-order chi connectivity index (χ1) is 10.1. The minimum Gasteiger partial charge on any atom is -0.457 e. The fourth-order valence-electron chi connectivity index (χ4n) is 2.53. The topological polar surface area (TPSA) is 26.3 Å². The van der Waals surface area contributed by atoms with E-state index in [2.05, 4.69) is 65.5 Å². The van der Waals surface area contributed by atoms with Crippen molar-refractivity contribution in [3.05, 3.63) is 47.5 Å². The van der Waals surface area contributed by atoms with Gasteiger partial charge < -0.3 is 4.74 Å². The van der Waals surface area contributed by atoms with Crippen molar-refractivity contribution in [1.82, 2.24) is 0 Å². The molecule has 0 N–H and O–H groups in total. The van der Waals surface area contributed by atoms with Crippen molar-refractivity contribution in [2.75, 3.05) is 0 Å². The molecule has 0 bridgehead atoms. The van der Waals surface area contributed by atoms with Gasteiger partial charge in [-0.25, -0.2) is 4.79 Å². The van der Waals surface area contributed by atoms with Gasteiger partial charge >= 0.3 is 5.97 Å². The average molecular weight is 302 g/mol. The molecule has 0 fully saturated rings. The van der Waals surface area contributed by atoms with Crippen molar-refractivity contribution >= 4 is 5.97 Å². The van der Waals surface area contributed by atoms with Crippen molar-refractivity contribution in [3.8, 4) is 0 Å². The van der Waals surface area contributed by atoms with E-state index in [1.165, 1.54) is 5.56 Å². The Hall–Kier alpha value is -1.57. The Kier molecular flexibility index (Phi) is 6.40.